The molecular weight excluding hydrogens is 346 g/mol. The highest BCUT2D eigenvalue weighted by Gasteiger charge is 2.15. The minimum atomic E-state index is -0.200. The molecule has 3 heterocycles. The number of hydrogen-bond donors (Lipinski definition) is 1. The summed E-state index contributed by atoms with van der Waals surface area (Å²) >= 11 is 3.45. The van der Waals surface area contributed by atoms with Gasteiger partial charge in [0.15, 0.2) is 0 Å². The van der Waals surface area contributed by atoms with Gasteiger partial charge in [0, 0.05) is 22.8 Å². The average Bonchev–Trinajstić information content (AvgIpc) is 3.13. The predicted molar refractivity (Wildman–Crippen MR) is 89.2 cm³/mol. The number of halogens is 1. The fourth-order valence-corrected chi connectivity index (χ4v) is 3.42. The first-order chi connectivity index (χ1) is 10.7. The van der Waals surface area contributed by atoms with E-state index in [0.29, 0.717) is 16.7 Å². The molecule has 0 amide bonds. The molecular formula is C16H16BrN3O2. The van der Waals surface area contributed by atoms with Crippen molar-refractivity contribution in [1.29, 1.82) is 0 Å². The molecule has 0 bridgehead atoms. The van der Waals surface area contributed by atoms with Crippen molar-refractivity contribution in [2.45, 2.75) is 19.3 Å². The molecule has 0 aliphatic carbocycles. The molecule has 2 aromatic heterocycles. The number of aromatic amines is 1. The zero-order valence-corrected chi connectivity index (χ0v) is 13.6. The SMILES string of the molecule is O=c1[nH]c(CCN2CCCC2)nc2c1oc1ccc(Br)cc12. The lowest BCUT2D eigenvalue weighted by Gasteiger charge is -2.13. The first-order valence-corrected chi connectivity index (χ1v) is 8.33. The van der Waals surface area contributed by atoms with E-state index in [0.717, 1.165) is 41.7 Å². The van der Waals surface area contributed by atoms with Crippen LogP contribution in [0.1, 0.15) is 18.7 Å². The van der Waals surface area contributed by atoms with Gasteiger partial charge in [-0.15, -0.1) is 0 Å². The molecule has 4 rings (SSSR count). The highest BCUT2D eigenvalue weighted by molar-refractivity contribution is 9.10. The van der Waals surface area contributed by atoms with Crippen LogP contribution in [-0.2, 0) is 6.42 Å². The first kappa shape index (κ1) is 14.0. The maximum absolute atomic E-state index is 12.2. The van der Waals surface area contributed by atoms with Crippen molar-refractivity contribution in [2.24, 2.45) is 0 Å². The molecule has 0 unspecified atom stereocenters. The molecule has 1 aliphatic rings. The molecule has 0 saturated carbocycles. The van der Waals surface area contributed by atoms with Gasteiger partial charge in [0.05, 0.1) is 0 Å². The lowest BCUT2D eigenvalue weighted by atomic mass is 10.2. The number of fused-ring (bicyclic) bond motifs is 3. The fraction of sp³-hybridized carbons (Fsp3) is 0.375. The maximum atomic E-state index is 12.2. The lowest BCUT2D eigenvalue weighted by Crippen LogP contribution is -2.23. The Bertz CT molecular complexity index is 893. The third-order valence-electron chi connectivity index (χ3n) is 4.20. The van der Waals surface area contributed by atoms with Crippen LogP contribution in [0.3, 0.4) is 0 Å². The van der Waals surface area contributed by atoms with E-state index in [9.17, 15) is 4.79 Å². The Labute approximate surface area is 135 Å². The second kappa shape index (κ2) is 5.52. The van der Waals surface area contributed by atoms with Crippen LogP contribution >= 0.6 is 15.9 Å². The standard InChI is InChI=1S/C16H16BrN3O2/c17-10-3-4-12-11(9-10)14-15(22-12)16(21)19-13(18-14)5-8-20-6-1-2-7-20/h3-4,9H,1-2,5-8H2,(H,18,19,21). The summed E-state index contributed by atoms with van der Waals surface area (Å²) in [5.41, 5.74) is 1.44. The molecule has 0 radical (unpaired) electrons. The van der Waals surface area contributed by atoms with Crippen molar-refractivity contribution in [3.63, 3.8) is 0 Å². The van der Waals surface area contributed by atoms with Gasteiger partial charge in [0.2, 0.25) is 5.58 Å². The Balaban J connectivity index is 1.75. The Morgan fingerprint density at radius 3 is 2.95 bits per heavy atom. The Hall–Kier alpha value is -1.66. The molecule has 114 valence electrons. The number of likely N-dealkylation sites (tertiary alicyclic amines) is 1. The van der Waals surface area contributed by atoms with E-state index in [2.05, 4.69) is 30.8 Å². The van der Waals surface area contributed by atoms with E-state index in [1.165, 1.54) is 12.8 Å². The zero-order chi connectivity index (χ0) is 15.1. The van der Waals surface area contributed by atoms with Crippen LogP contribution in [0.2, 0.25) is 0 Å². The van der Waals surface area contributed by atoms with Crippen molar-refractivity contribution < 1.29 is 4.42 Å². The molecule has 1 fully saturated rings. The number of rotatable bonds is 3. The molecule has 22 heavy (non-hydrogen) atoms. The van der Waals surface area contributed by atoms with Gasteiger partial charge in [-0.25, -0.2) is 4.98 Å². The zero-order valence-electron chi connectivity index (χ0n) is 12.1. The molecule has 1 aromatic carbocycles. The molecule has 1 N–H and O–H groups in total. The highest BCUT2D eigenvalue weighted by Crippen LogP contribution is 2.27. The molecule has 3 aromatic rings. The highest BCUT2D eigenvalue weighted by atomic mass is 79.9. The van der Waals surface area contributed by atoms with Gasteiger partial charge >= 0.3 is 0 Å². The number of furan rings is 1. The Morgan fingerprint density at radius 2 is 2.14 bits per heavy atom. The summed E-state index contributed by atoms with van der Waals surface area (Å²) in [5.74, 6) is 0.729. The molecule has 5 nitrogen and oxygen atoms in total. The summed E-state index contributed by atoms with van der Waals surface area (Å²) in [5, 5.41) is 0.873. The third-order valence-corrected chi connectivity index (χ3v) is 4.69. The first-order valence-electron chi connectivity index (χ1n) is 7.54. The van der Waals surface area contributed by atoms with E-state index in [-0.39, 0.29) is 5.56 Å². The van der Waals surface area contributed by atoms with Gasteiger partial charge in [-0.2, -0.15) is 0 Å². The fourth-order valence-electron chi connectivity index (χ4n) is 3.06. The third kappa shape index (κ3) is 2.46. The predicted octanol–water partition coefficient (Wildman–Crippen LogP) is 3.07. The largest absolute Gasteiger partial charge is 0.449 e. The van der Waals surface area contributed by atoms with E-state index in [4.69, 9.17) is 4.42 Å². The van der Waals surface area contributed by atoms with Crippen molar-refractivity contribution in [3.05, 3.63) is 38.9 Å². The van der Waals surface area contributed by atoms with Gasteiger partial charge < -0.3 is 14.3 Å². The second-order valence-electron chi connectivity index (χ2n) is 5.73. The van der Waals surface area contributed by atoms with Gasteiger partial charge in [0.25, 0.3) is 5.56 Å². The van der Waals surface area contributed by atoms with Crippen LogP contribution in [0.15, 0.2) is 31.9 Å². The smallest absolute Gasteiger partial charge is 0.294 e. The number of nitrogens with one attached hydrogen (secondary N) is 1. The number of benzene rings is 1. The molecule has 1 saturated heterocycles. The topological polar surface area (TPSA) is 62.1 Å². The van der Waals surface area contributed by atoms with Crippen LogP contribution in [0.4, 0.5) is 0 Å². The number of H-pyrrole nitrogens is 1. The van der Waals surface area contributed by atoms with Gasteiger partial charge in [-0.3, -0.25) is 4.79 Å². The summed E-state index contributed by atoms with van der Waals surface area (Å²) < 4.78 is 6.58. The summed E-state index contributed by atoms with van der Waals surface area (Å²) in [4.78, 5) is 22.1. The van der Waals surface area contributed by atoms with Crippen molar-refractivity contribution in [1.82, 2.24) is 14.9 Å². The number of hydrogen-bond acceptors (Lipinski definition) is 4. The molecule has 0 atom stereocenters. The van der Waals surface area contributed by atoms with Crippen molar-refractivity contribution >= 4 is 38.0 Å². The quantitative estimate of drug-likeness (QED) is 0.778. The average molecular weight is 362 g/mol. The lowest BCUT2D eigenvalue weighted by molar-refractivity contribution is 0.341. The normalized spacial score (nSPS) is 16.0. The van der Waals surface area contributed by atoms with Gasteiger partial charge in [-0.1, -0.05) is 15.9 Å². The summed E-state index contributed by atoms with van der Waals surface area (Å²) in [6.07, 6.45) is 3.29. The van der Waals surface area contributed by atoms with E-state index in [1.807, 2.05) is 18.2 Å². The monoisotopic (exact) mass is 361 g/mol. The minimum absolute atomic E-state index is 0.200. The van der Waals surface area contributed by atoms with Crippen LogP contribution in [0, 0.1) is 0 Å². The summed E-state index contributed by atoms with van der Waals surface area (Å²) in [7, 11) is 0. The minimum Gasteiger partial charge on any atom is -0.449 e. The van der Waals surface area contributed by atoms with E-state index >= 15 is 0 Å². The van der Waals surface area contributed by atoms with Crippen LogP contribution < -0.4 is 5.56 Å². The second-order valence-corrected chi connectivity index (χ2v) is 6.65. The van der Waals surface area contributed by atoms with Gasteiger partial charge in [-0.05, 0) is 44.1 Å². The van der Waals surface area contributed by atoms with Crippen LogP contribution in [-0.4, -0.2) is 34.5 Å². The summed E-state index contributed by atoms with van der Waals surface area (Å²) in [6, 6.07) is 5.69. The van der Waals surface area contributed by atoms with Gasteiger partial charge in [0.1, 0.15) is 16.9 Å². The van der Waals surface area contributed by atoms with Crippen molar-refractivity contribution in [2.75, 3.05) is 19.6 Å². The van der Waals surface area contributed by atoms with Crippen molar-refractivity contribution in [3.8, 4) is 0 Å². The van der Waals surface area contributed by atoms with Crippen LogP contribution in [0.25, 0.3) is 22.1 Å². The Morgan fingerprint density at radius 1 is 1.32 bits per heavy atom. The van der Waals surface area contributed by atoms with Crippen LogP contribution in [0.5, 0.6) is 0 Å². The number of aromatic nitrogens is 2. The molecule has 1 aliphatic heterocycles. The maximum Gasteiger partial charge on any atom is 0.294 e. The van der Waals surface area contributed by atoms with E-state index in [1.54, 1.807) is 0 Å². The summed E-state index contributed by atoms with van der Waals surface area (Å²) in [6.45, 7) is 3.23. The molecule has 0 spiro atoms. The molecule has 6 heteroatoms. The Kier molecular flexibility index (Phi) is 3.50. The van der Waals surface area contributed by atoms with E-state index < -0.39 is 0 Å². The number of nitrogens with zero attached hydrogens (tertiary/aromatic N) is 2.